The predicted octanol–water partition coefficient (Wildman–Crippen LogP) is 24.2. The molecule has 0 atom stereocenters. The summed E-state index contributed by atoms with van der Waals surface area (Å²) in [6, 6.07) is 89.3. The van der Waals surface area contributed by atoms with Crippen molar-refractivity contribution in [3.8, 4) is 0 Å². The Balaban J connectivity index is 0.000000122. The van der Waals surface area contributed by atoms with Crippen molar-refractivity contribution in [3.05, 3.63) is 377 Å². The van der Waals surface area contributed by atoms with Crippen LogP contribution < -0.4 is 16.0 Å². The molecule has 1 amide bonds. The average Bonchev–Trinajstić information content (AvgIpc) is 1.69. The third-order valence-electron chi connectivity index (χ3n) is 23.7. The standard InChI is InChI=1S/C32H30ClN3.C23H23NO2.C20H19N.C19H21N.C13H15ClN2O3S/c33-26-12-13-29-30(14-18-35-31(29)22-26)34-17-5-19-36-20-15-25(16-21-36)32-27-8-3-1-6-23(27)10-11-24-7-2-4-9-28(24)32;1-2-26-23(25)24-15-13-19(14-16-24)22-20-9-5-3-7-17(20)11-12-18-8-4-6-10-21(18)22;1-3-7-18-15(5-1)9-10-16-6-2-4-8-19(16)20(18)17-11-13-21-14-12-17;1-20-14-12-18(13-15-20)19(16-8-4-2-5-9-16)17-10-6-3-7-11-17;1-20(17,18)19-8-2-6-15-12-5-7-16-13-9-10(14)3-4-11(12)13/h1-4,6-14,18,22H,5,15-17,19-21H2,(H,34,35);3-12H,2,13-16H2,1H3;1-10,21H,11-14H2;2-11H,12-15H2,1H3;3-5,7,9H,2,6,8H2,1H3,(H,15,16). The molecule has 12 aromatic rings. The molecule has 0 radical (unpaired) electrons. The van der Waals surface area contributed by atoms with Crippen LogP contribution in [0.2, 0.25) is 10.0 Å². The number of likely N-dealkylation sites (tertiary alicyclic amines) is 3. The third kappa shape index (κ3) is 22.5. The Bertz CT molecular complexity index is 5840. The van der Waals surface area contributed by atoms with Crippen molar-refractivity contribution in [1.29, 1.82) is 0 Å². The van der Waals surface area contributed by atoms with E-state index in [2.05, 4.69) is 290 Å². The molecule has 6 heterocycles. The summed E-state index contributed by atoms with van der Waals surface area (Å²) < 4.78 is 31.4. The molecule has 4 saturated heterocycles. The van der Waals surface area contributed by atoms with Crippen molar-refractivity contribution >= 4 is 131 Å². The highest BCUT2D eigenvalue weighted by molar-refractivity contribution is 7.86. The van der Waals surface area contributed by atoms with Gasteiger partial charge in [-0.15, -0.1) is 0 Å². The van der Waals surface area contributed by atoms with Crippen molar-refractivity contribution in [1.82, 2.24) is 30.0 Å². The normalized spacial score (nSPS) is 15.4. The number of rotatable bonds is 14. The minimum atomic E-state index is -3.36. The zero-order valence-corrected chi connectivity index (χ0v) is 72.9. The first-order valence-corrected chi connectivity index (χ1v) is 45.9. The molecule has 0 saturated carbocycles. The second-order valence-corrected chi connectivity index (χ2v) is 34.4. The summed E-state index contributed by atoms with van der Waals surface area (Å²) in [5.74, 6) is 0. The maximum Gasteiger partial charge on any atom is 0.409 e. The van der Waals surface area contributed by atoms with Gasteiger partial charge in [0, 0.05) is 96.9 Å². The number of nitrogens with one attached hydrogen (secondary N) is 3. The fourth-order valence-electron chi connectivity index (χ4n) is 17.5. The molecule has 19 rings (SSSR count). The number of ether oxygens (including phenoxy) is 1. The highest BCUT2D eigenvalue weighted by atomic mass is 35.5. The molecule has 7 aliphatic rings. The summed E-state index contributed by atoms with van der Waals surface area (Å²) in [5, 5.41) is 13.8. The number of aromatic nitrogens is 2. The molecule has 0 spiro atoms. The van der Waals surface area contributed by atoms with E-state index in [-0.39, 0.29) is 12.7 Å². The van der Waals surface area contributed by atoms with Gasteiger partial charge in [0.2, 0.25) is 0 Å². The molecular weight excluding hydrogens is 1580 g/mol. The van der Waals surface area contributed by atoms with Crippen molar-refractivity contribution in [3.63, 3.8) is 0 Å². The van der Waals surface area contributed by atoms with Crippen LogP contribution in [0.15, 0.2) is 289 Å². The van der Waals surface area contributed by atoms with Gasteiger partial charge in [0.15, 0.2) is 0 Å². The Kier molecular flexibility index (Phi) is 29.8. The number of halogens is 2. The molecule has 3 aliphatic carbocycles. The molecule has 0 bridgehead atoms. The average molecular weight is 1690 g/mol. The fraction of sp³-hybridized carbons (Fsp3) is 0.243. The van der Waals surface area contributed by atoms with E-state index in [0.717, 1.165) is 142 Å². The molecule has 3 N–H and O–H groups in total. The van der Waals surface area contributed by atoms with E-state index in [1.165, 1.54) is 132 Å². The summed E-state index contributed by atoms with van der Waals surface area (Å²) in [5.41, 5.74) is 34.3. The number of fused-ring (bicyclic) bond motifs is 8. The molecule has 626 valence electrons. The van der Waals surface area contributed by atoms with Gasteiger partial charge < -0.3 is 35.4 Å². The minimum Gasteiger partial charge on any atom is -0.450 e. The van der Waals surface area contributed by atoms with Gasteiger partial charge in [-0.1, -0.05) is 288 Å². The van der Waals surface area contributed by atoms with Crippen LogP contribution in [0, 0.1) is 0 Å². The van der Waals surface area contributed by atoms with E-state index in [0.29, 0.717) is 24.6 Å². The number of nitrogens with zero attached hydrogens (tertiary/aromatic N) is 5. The number of benzene rings is 10. The number of piperidine rings is 4. The number of carbonyl (C=O) groups is 1. The molecular formula is C107H108Cl2N8O5S. The lowest BCUT2D eigenvalue weighted by Gasteiger charge is -2.30. The van der Waals surface area contributed by atoms with E-state index in [4.69, 9.17) is 27.9 Å². The van der Waals surface area contributed by atoms with E-state index < -0.39 is 10.1 Å². The molecule has 2 aromatic heterocycles. The first kappa shape index (κ1) is 86.4. The quantitative estimate of drug-likeness (QED) is 0.0705. The van der Waals surface area contributed by atoms with Crippen LogP contribution in [0.1, 0.15) is 149 Å². The SMILES string of the molecule is C1=Cc2ccccc2C(=C2CCNCC2)c2ccccc21.CCOC(=O)N1CCC(=C2c3ccccc3C=Cc3ccccc32)CC1.CN1CCC(=C(c2ccccc2)c2ccccc2)CC1.CS(=O)(=O)OCCCNc1ccnc2cc(Cl)ccc12.Clc1ccc2c(NCCCN3CCC(=C4c5ccccc5C=Cc5ccccc54)CC3)ccnc2c1. The highest BCUT2D eigenvalue weighted by Crippen LogP contribution is 2.43. The summed E-state index contributed by atoms with van der Waals surface area (Å²) in [6.45, 7) is 13.3. The van der Waals surface area contributed by atoms with Gasteiger partial charge in [-0.3, -0.25) is 14.2 Å². The molecule has 123 heavy (non-hydrogen) atoms. The summed E-state index contributed by atoms with van der Waals surface area (Å²) >= 11 is 12.1. The molecule has 10 aromatic carbocycles. The zero-order valence-electron chi connectivity index (χ0n) is 70.6. The van der Waals surface area contributed by atoms with E-state index >= 15 is 0 Å². The van der Waals surface area contributed by atoms with E-state index in [1.807, 2.05) is 60.5 Å². The van der Waals surface area contributed by atoms with Crippen LogP contribution in [0.3, 0.4) is 0 Å². The number of anilines is 2. The topological polar surface area (TPSA) is 141 Å². The number of amides is 1. The number of hydrogen-bond acceptors (Lipinski definition) is 12. The Morgan fingerprint density at radius 2 is 0.805 bits per heavy atom. The van der Waals surface area contributed by atoms with Crippen LogP contribution in [-0.2, 0) is 19.0 Å². The monoisotopic (exact) mass is 1690 g/mol. The Labute approximate surface area is 736 Å². The van der Waals surface area contributed by atoms with Gasteiger partial charge in [-0.2, -0.15) is 8.42 Å². The third-order valence-corrected chi connectivity index (χ3v) is 24.8. The Hall–Kier alpha value is -11.6. The van der Waals surface area contributed by atoms with Crippen LogP contribution in [-0.4, -0.2) is 138 Å². The summed E-state index contributed by atoms with van der Waals surface area (Å²) in [7, 11) is -1.15. The smallest absolute Gasteiger partial charge is 0.409 e. The van der Waals surface area contributed by atoms with Gasteiger partial charge in [-0.25, -0.2) is 4.79 Å². The van der Waals surface area contributed by atoms with Gasteiger partial charge in [0.1, 0.15) is 0 Å². The molecule has 13 nitrogen and oxygen atoms in total. The van der Waals surface area contributed by atoms with Crippen molar-refractivity contribution in [2.45, 2.75) is 71.1 Å². The van der Waals surface area contributed by atoms with Gasteiger partial charge in [0.25, 0.3) is 10.1 Å². The largest absolute Gasteiger partial charge is 0.450 e. The van der Waals surface area contributed by atoms with Crippen LogP contribution in [0.5, 0.6) is 0 Å². The van der Waals surface area contributed by atoms with Gasteiger partial charge >= 0.3 is 6.09 Å². The minimum absolute atomic E-state index is 0.167. The van der Waals surface area contributed by atoms with Gasteiger partial charge in [-0.05, 0) is 247 Å². The van der Waals surface area contributed by atoms with Crippen LogP contribution in [0.4, 0.5) is 16.2 Å². The zero-order chi connectivity index (χ0) is 84.7. The van der Waals surface area contributed by atoms with Gasteiger partial charge in [0.05, 0.1) is 30.5 Å². The molecule has 4 fully saturated rings. The fourth-order valence-corrected chi connectivity index (χ4v) is 18.3. The van der Waals surface area contributed by atoms with Crippen LogP contribution >= 0.6 is 23.2 Å². The van der Waals surface area contributed by atoms with E-state index in [1.54, 1.807) is 29.0 Å². The number of hydrogen-bond donors (Lipinski definition) is 3. The van der Waals surface area contributed by atoms with Crippen molar-refractivity contribution in [2.24, 2.45) is 0 Å². The summed E-state index contributed by atoms with van der Waals surface area (Å²) in [4.78, 5) is 27.6. The molecule has 0 unspecified atom stereocenters. The van der Waals surface area contributed by atoms with Crippen LogP contribution in [0.25, 0.3) is 80.6 Å². The predicted molar refractivity (Wildman–Crippen MR) is 515 cm³/mol. The Morgan fingerprint density at radius 1 is 0.439 bits per heavy atom. The van der Waals surface area contributed by atoms with E-state index in [9.17, 15) is 13.2 Å². The lowest BCUT2D eigenvalue weighted by atomic mass is 9.86. The lowest BCUT2D eigenvalue weighted by Crippen LogP contribution is -2.37. The second kappa shape index (κ2) is 42.5. The van der Waals surface area contributed by atoms with Crippen molar-refractivity contribution < 1.29 is 22.1 Å². The number of carbonyl (C=O) groups excluding carboxylic acids is 1. The first-order chi connectivity index (χ1) is 60.3. The Morgan fingerprint density at radius 3 is 1.20 bits per heavy atom. The first-order valence-electron chi connectivity index (χ1n) is 43.3. The lowest BCUT2D eigenvalue weighted by molar-refractivity contribution is 0.104. The highest BCUT2D eigenvalue weighted by Gasteiger charge is 2.28. The molecule has 4 aliphatic heterocycles. The number of pyridine rings is 2. The summed E-state index contributed by atoms with van der Waals surface area (Å²) in [6.07, 6.45) is 28.2. The second-order valence-electron chi connectivity index (χ2n) is 31.9. The molecule has 16 heteroatoms. The maximum absolute atomic E-state index is 12.0. The maximum atomic E-state index is 12.0. The van der Waals surface area contributed by atoms with Crippen molar-refractivity contribution in [2.75, 3.05) is 109 Å².